The highest BCUT2D eigenvalue weighted by molar-refractivity contribution is 5.97. The fourth-order valence-corrected chi connectivity index (χ4v) is 5.55. The molecule has 2 N–H and O–H groups in total. The average molecular weight is 602 g/mol. The molecule has 10 nitrogen and oxygen atoms in total. The summed E-state index contributed by atoms with van der Waals surface area (Å²) >= 11 is 0. The number of nitrogens with zero attached hydrogens (tertiary/aromatic N) is 4. The lowest BCUT2D eigenvalue weighted by Crippen LogP contribution is -2.37. The summed E-state index contributed by atoms with van der Waals surface area (Å²) in [5.74, 6) is -1.10. The first-order valence-corrected chi connectivity index (χ1v) is 15.4. The third-order valence-electron chi connectivity index (χ3n) is 8.47. The van der Waals surface area contributed by atoms with Crippen LogP contribution in [0, 0.1) is 5.92 Å². The van der Waals surface area contributed by atoms with Gasteiger partial charge in [-0.25, -0.2) is 0 Å². The van der Waals surface area contributed by atoms with Crippen molar-refractivity contribution in [1.29, 1.82) is 0 Å². The van der Waals surface area contributed by atoms with Crippen LogP contribution >= 0.6 is 0 Å². The van der Waals surface area contributed by atoms with E-state index >= 15 is 0 Å². The Balaban J connectivity index is 1.42. The van der Waals surface area contributed by atoms with Crippen LogP contribution in [-0.4, -0.2) is 70.4 Å². The van der Waals surface area contributed by atoms with Gasteiger partial charge in [0, 0.05) is 44.6 Å². The molecule has 0 unspecified atom stereocenters. The first-order chi connectivity index (χ1) is 21.0. The second-order valence-electron chi connectivity index (χ2n) is 12.8. The number of carboxylic acids is 1. The van der Waals surface area contributed by atoms with Crippen LogP contribution in [0.3, 0.4) is 0 Å². The summed E-state index contributed by atoms with van der Waals surface area (Å²) in [5, 5.41) is 17.2. The summed E-state index contributed by atoms with van der Waals surface area (Å²) in [6.45, 7) is 9.23. The molecular weight excluding hydrogens is 558 g/mol. The van der Waals surface area contributed by atoms with Crippen LogP contribution in [0.1, 0.15) is 68.2 Å². The van der Waals surface area contributed by atoms with Crippen LogP contribution in [0.2, 0.25) is 0 Å². The minimum Gasteiger partial charge on any atom is -0.481 e. The molecule has 1 aliphatic heterocycles. The standard InChI is InChI=1S/C34H43N5O5/c1-34(2,3)30-21-29(37(4)36-30)33(43)39(14-13-31(40)41)22-23-7-5-10-25(19-23)26-11-12-28(38-15-17-44-18-16-38)27(20-26)35-32(42)24-8-6-9-24/h5,7,10-12,19-21,24H,6,8-9,13-18,22H2,1-4H3,(H,35,42)(H,40,41). The topological polar surface area (TPSA) is 117 Å². The fraction of sp³-hybridized carbons (Fsp3) is 0.471. The van der Waals surface area contributed by atoms with Gasteiger partial charge >= 0.3 is 5.97 Å². The highest BCUT2D eigenvalue weighted by Gasteiger charge is 2.28. The zero-order valence-corrected chi connectivity index (χ0v) is 26.1. The van der Waals surface area contributed by atoms with Crippen molar-refractivity contribution in [2.24, 2.45) is 13.0 Å². The number of nitrogens with one attached hydrogen (secondary N) is 1. The minimum absolute atomic E-state index is 0.0627. The lowest BCUT2D eigenvalue weighted by atomic mass is 9.85. The monoisotopic (exact) mass is 601 g/mol. The van der Waals surface area contributed by atoms with Gasteiger partial charge in [0.1, 0.15) is 5.69 Å². The van der Waals surface area contributed by atoms with Gasteiger partial charge in [0.15, 0.2) is 0 Å². The molecule has 2 aliphatic rings. The van der Waals surface area contributed by atoms with Gasteiger partial charge in [-0.1, -0.05) is 51.5 Å². The molecule has 234 valence electrons. The molecule has 3 aromatic rings. The molecule has 1 saturated heterocycles. The van der Waals surface area contributed by atoms with Gasteiger partial charge in [-0.3, -0.25) is 19.1 Å². The molecule has 44 heavy (non-hydrogen) atoms. The van der Waals surface area contributed by atoms with Crippen LogP contribution < -0.4 is 10.2 Å². The Hall–Kier alpha value is -4.18. The van der Waals surface area contributed by atoms with Gasteiger partial charge in [0.2, 0.25) is 5.91 Å². The predicted octanol–water partition coefficient (Wildman–Crippen LogP) is 5.08. The van der Waals surface area contributed by atoms with Crippen LogP contribution in [0.25, 0.3) is 11.1 Å². The number of anilines is 2. The Kier molecular flexibility index (Phi) is 9.39. The molecule has 0 bridgehead atoms. The van der Waals surface area contributed by atoms with Gasteiger partial charge in [0.25, 0.3) is 5.91 Å². The number of carbonyl (C=O) groups excluding carboxylic acids is 2. The third-order valence-corrected chi connectivity index (χ3v) is 8.47. The number of ether oxygens (including phenoxy) is 1. The Bertz CT molecular complexity index is 1510. The number of aryl methyl sites for hydroxylation is 1. The molecule has 10 heteroatoms. The van der Waals surface area contributed by atoms with E-state index in [1.807, 2.05) is 51.1 Å². The Labute approximate surface area is 259 Å². The number of carbonyl (C=O) groups is 3. The van der Waals surface area contributed by atoms with Crippen molar-refractivity contribution in [3.8, 4) is 11.1 Å². The van der Waals surface area contributed by atoms with E-state index in [0.717, 1.165) is 66.1 Å². The largest absolute Gasteiger partial charge is 0.481 e. The van der Waals surface area contributed by atoms with Crippen molar-refractivity contribution in [3.63, 3.8) is 0 Å². The lowest BCUT2D eigenvalue weighted by molar-refractivity contribution is -0.137. The highest BCUT2D eigenvalue weighted by Crippen LogP contribution is 2.35. The zero-order chi connectivity index (χ0) is 31.4. The van der Waals surface area contributed by atoms with E-state index in [0.29, 0.717) is 18.9 Å². The van der Waals surface area contributed by atoms with Crippen molar-refractivity contribution in [2.75, 3.05) is 43.1 Å². The number of benzene rings is 2. The fourth-order valence-electron chi connectivity index (χ4n) is 5.55. The quantitative estimate of drug-likeness (QED) is 0.333. The third kappa shape index (κ3) is 7.30. The Morgan fingerprint density at radius 2 is 1.77 bits per heavy atom. The first-order valence-electron chi connectivity index (χ1n) is 15.4. The summed E-state index contributed by atoms with van der Waals surface area (Å²) in [6, 6.07) is 15.8. The molecule has 0 radical (unpaired) electrons. The van der Waals surface area contributed by atoms with E-state index in [2.05, 4.69) is 27.4 Å². The molecule has 5 rings (SSSR count). The zero-order valence-electron chi connectivity index (χ0n) is 26.1. The lowest BCUT2D eigenvalue weighted by Gasteiger charge is -2.32. The molecule has 2 aromatic carbocycles. The number of morpholine rings is 1. The summed E-state index contributed by atoms with van der Waals surface area (Å²) < 4.78 is 7.12. The maximum absolute atomic E-state index is 13.7. The van der Waals surface area contributed by atoms with Gasteiger partial charge in [0.05, 0.1) is 36.7 Å². The Morgan fingerprint density at radius 3 is 2.41 bits per heavy atom. The predicted molar refractivity (Wildman–Crippen MR) is 170 cm³/mol. The van der Waals surface area contributed by atoms with E-state index in [1.165, 1.54) is 0 Å². The SMILES string of the molecule is Cn1nc(C(C)(C)C)cc1C(=O)N(CCC(=O)O)Cc1cccc(-c2ccc(N3CCOCC3)c(NC(=O)C3CCC3)c2)c1. The van der Waals surface area contributed by atoms with Crippen molar-refractivity contribution in [2.45, 2.75) is 58.4 Å². The van der Waals surface area contributed by atoms with Gasteiger partial charge < -0.3 is 25.0 Å². The maximum Gasteiger partial charge on any atom is 0.305 e. The van der Waals surface area contributed by atoms with E-state index in [9.17, 15) is 19.5 Å². The summed E-state index contributed by atoms with van der Waals surface area (Å²) in [6.07, 6.45) is 2.77. The minimum atomic E-state index is -0.964. The number of amides is 2. The summed E-state index contributed by atoms with van der Waals surface area (Å²) in [7, 11) is 1.74. The van der Waals surface area contributed by atoms with E-state index in [4.69, 9.17) is 4.74 Å². The molecule has 2 heterocycles. The second kappa shape index (κ2) is 13.2. The average Bonchev–Trinajstić information content (AvgIpc) is 3.36. The van der Waals surface area contributed by atoms with Gasteiger partial charge in [-0.15, -0.1) is 0 Å². The van der Waals surface area contributed by atoms with E-state index < -0.39 is 5.97 Å². The second-order valence-corrected chi connectivity index (χ2v) is 12.8. The van der Waals surface area contributed by atoms with Crippen LogP contribution in [0.5, 0.6) is 0 Å². The molecule has 0 spiro atoms. The van der Waals surface area contributed by atoms with E-state index in [1.54, 1.807) is 22.7 Å². The van der Waals surface area contributed by atoms with Crippen molar-refractivity contribution < 1.29 is 24.2 Å². The van der Waals surface area contributed by atoms with Gasteiger partial charge in [-0.2, -0.15) is 5.10 Å². The molecule has 0 atom stereocenters. The summed E-state index contributed by atoms with van der Waals surface area (Å²) in [4.78, 5) is 42.0. The summed E-state index contributed by atoms with van der Waals surface area (Å²) in [5.41, 5.74) is 5.51. The normalized spacial score (nSPS) is 15.5. The van der Waals surface area contributed by atoms with Crippen LogP contribution in [-0.2, 0) is 33.3 Å². The smallest absolute Gasteiger partial charge is 0.305 e. The first kappa shape index (κ1) is 31.3. The molecule has 1 aromatic heterocycles. The molecule has 1 saturated carbocycles. The molecular formula is C34H43N5O5. The van der Waals surface area contributed by atoms with Crippen LogP contribution in [0.15, 0.2) is 48.5 Å². The molecule has 1 aliphatic carbocycles. The number of hydrogen-bond acceptors (Lipinski definition) is 6. The number of aliphatic carboxylic acids is 1. The van der Waals surface area contributed by atoms with Crippen molar-refractivity contribution >= 4 is 29.2 Å². The number of hydrogen-bond donors (Lipinski definition) is 2. The van der Waals surface area contributed by atoms with Crippen molar-refractivity contribution in [1.82, 2.24) is 14.7 Å². The number of carboxylic acid groups (broad SMARTS) is 1. The van der Waals surface area contributed by atoms with E-state index in [-0.39, 0.29) is 42.7 Å². The Morgan fingerprint density at radius 1 is 1.05 bits per heavy atom. The van der Waals surface area contributed by atoms with Gasteiger partial charge in [-0.05, 0) is 53.8 Å². The molecule has 2 fully saturated rings. The maximum atomic E-state index is 13.7. The number of aromatic nitrogens is 2. The molecule has 2 amide bonds. The van der Waals surface area contributed by atoms with Crippen molar-refractivity contribution in [3.05, 3.63) is 65.5 Å². The number of rotatable bonds is 10. The highest BCUT2D eigenvalue weighted by atomic mass is 16.5. The van der Waals surface area contributed by atoms with Crippen LogP contribution in [0.4, 0.5) is 11.4 Å².